The highest BCUT2D eigenvalue weighted by molar-refractivity contribution is 5.85. The van der Waals surface area contributed by atoms with Gasteiger partial charge in [0.1, 0.15) is 0 Å². The Bertz CT molecular complexity index is 269. The molecule has 106 valence electrons. The van der Waals surface area contributed by atoms with E-state index in [0.717, 1.165) is 32.5 Å². The zero-order valence-electron chi connectivity index (χ0n) is 11.4. The summed E-state index contributed by atoms with van der Waals surface area (Å²) in [5.41, 5.74) is 0. The van der Waals surface area contributed by atoms with E-state index in [0.29, 0.717) is 12.1 Å². The van der Waals surface area contributed by atoms with Crippen molar-refractivity contribution in [3.8, 4) is 0 Å². The molecule has 1 aliphatic heterocycles. The third kappa shape index (κ3) is 4.11. The van der Waals surface area contributed by atoms with E-state index in [1.807, 2.05) is 6.92 Å². The van der Waals surface area contributed by atoms with Crippen molar-refractivity contribution in [1.29, 1.82) is 0 Å². The van der Waals surface area contributed by atoms with Gasteiger partial charge in [0.2, 0.25) is 5.91 Å². The van der Waals surface area contributed by atoms with Crippen molar-refractivity contribution in [3.05, 3.63) is 0 Å². The number of amides is 1. The van der Waals surface area contributed by atoms with E-state index in [2.05, 4.69) is 22.5 Å². The Morgan fingerprint density at radius 1 is 1.39 bits per heavy atom. The Morgan fingerprint density at radius 3 is 2.67 bits per heavy atom. The van der Waals surface area contributed by atoms with Gasteiger partial charge in [0, 0.05) is 31.7 Å². The van der Waals surface area contributed by atoms with Gasteiger partial charge in [-0.1, -0.05) is 12.8 Å². The minimum atomic E-state index is 0. The minimum absolute atomic E-state index is 0. The summed E-state index contributed by atoms with van der Waals surface area (Å²) in [6.45, 7) is 7.14. The molecule has 1 saturated heterocycles. The molecule has 2 atom stereocenters. The Kier molecular flexibility index (Phi) is 6.39. The van der Waals surface area contributed by atoms with Gasteiger partial charge in [-0.25, -0.2) is 0 Å². The van der Waals surface area contributed by atoms with Crippen LogP contribution in [0.25, 0.3) is 0 Å². The quantitative estimate of drug-likeness (QED) is 0.812. The van der Waals surface area contributed by atoms with Gasteiger partial charge in [0.25, 0.3) is 0 Å². The maximum atomic E-state index is 12.1. The van der Waals surface area contributed by atoms with E-state index in [-0.39, 0.29) is 24.4 Å². The molecule has 2 aliphatic rings. The highest BCUT2D eigenvalue weighted by Gasteiger charge is 2.27. The zero-order valence-corrected chi connectivity index (χ0v) is 12.3. The Balaban J connectivity index is 0.00000162. The van der Waals surface area contributed by atoms with Crippen molar-refractivity contribution in [1.82, 2.24) is 15.5 Å². The summed E-state index contributed by atoms with van der Waals surface area (Å²) < 4.78 is 0. The number of nitrogens with one attached hydrogen (secondary N) is 2. The van der Waals surface area contributed by atoms with E-state index >= 15 is 0 Å². The molecule has 0 aromatic carbocycles. The van der Waals surface area contributed by atoms with Crippen molar-refractivity contribution >= 4 is 18.3 Å². The second-order valence-corrected chi connectivity index (χ2v) is 5.52. The van der Waals surface area contributed by atoms with Crippen LogP contribution in [0.15, 0.2) is 0 Å². The van der Waals surface area contributed by atoms with Crippen molar-refractivity contribution in [2.45, 2.75) is 57.7 Å². The maximum absolute atomic E-state index is 12.1. The number of carbonyl (C=O) groups is 1. The third-order valence-corrected chi connectivity index (χ3v) is 4.03. The van der Waals surface area contributed by atoms with E-state index < -0.39 is 0 Å². The lowest BCUT2D eigenvalue weighted by Gasteiger charge is -2.35. The van der Waals surface area contributed by atoms with Crippen molar-refractivity contribution in [2.24, 2.45) is 0 Å². The summed E-state index contributed by atoms with van der Waals surface area (Å²) in [5, 5.41) is 6.60. The summed E-state index contributed by atoms with van der Waals surface area (Å²) in [5.74, 6) is 0.214. The van der Waals surface area contributed by atoms with Gasteiger partial charge in [-0.05, 0) is 26.7 Å². The molecule has 2 unspecified atom stereocenters. The third-order valence-electron chi connectivity index (χ3n) is 4.03. The van der Waals surface area contributed by atoms with Crippen LogP contribution in [0.4, 0.5) is 0 Å². The molecule has 0 bridgehead atoms. The van der Waals surface area contributed by atoms with Gasteiger partial charge in [0.05, 0.1) is 6.04 Å². The first-order valence-corrected chi connectivity index (χ1v) is 6.94. The lowest BCUT2D eigenvalue weighted by atomic mass is 10.1. The lowest BCUT2D eigenvalue weighted by molar-refractivity contribution is -0.127. The standard InChI is InChI=1S/C13H25N3O.ClH/c1-10-9-16(8-7-14-10)11(2)13(17)15-12-5-3-4-6-12;/h10-12,14H,3-9H2,1-2H3,(H,15,17);1H. The maximum Gasteiger partial charge on any atom is 0.237 e. The lowest BCUT2D eigenvalue weighted by Crippen LogP contribution is -2.56. The minimum Gasteiger partial charge on any atom is -0.352 e. The molecule has 1 heterocycles. The second-order valence-electron chi connectivity index (χ2n) is 5.52. The molecular formula is C13H26ClN3O. The molecule has 0 radical (unpaired) electrons. The first-order valence-electron chi connectivity index (χ1n) is 6.94. The van der Waals surface area contributed by atoms with Crippen LogP contribution in [0.5, 0.6) is 0 Å². The van der Waals surface area contributed by atoms with Crippen molar-refractivity contribution < 1.29 is 4.79 Å². The molecular weight excluding hydrogens is 250 g/mol. The highest BCUT2D eigenvalue weighted by atomic mass is 35.5. The molecule has 1 aliphatic carbocycles. The smallest absolute Gasteiger partial charge is 0.237 e. The van der Waals surface area contributed by atoms with E-state index in [9.17, 15) is 4.79 Å². The fraction of sp³-hybridized carbons (Fsp3) is 0.923. The van der Waals surface area contributed by atoms with E-state index in [1.54, 1.807) is 0 Å². The van der Waals surface area contributed by atoms with Gasteiger partial charge in [-0.15, -0.1) is 12.4 Å². The van der Waals surface area contributed by atoms with E-state index in [1.165, 1.54) is 12.8 Å². The molecule has 1 amide bonds. The average Bonchev–Trinajstić information content (AvgIpc) is 2.80. The zero-order chi connectivity index (χ0) is 12.3. The monoisotopic (exact) mass is 275 g/mol. The van der Waals surface area contributed by atoms with Crippen LogP contribution in [0.2, 0.25) is 0 Å². The summed E-state index contributed by atoms with van der Waals surface area (Å²) in [6, 6.07) is 0.941. The number of hydrogen-bond donors (Lipinski definition) is 2. The topological polar surface area (TPSA) is 44.4 Å². The number of hydrogen-bond acceptors (Lipinski definition) is 3. The molecule has 2 fully saturated rings. The first-order chi connectivity index (χ1) is 8.16. The Labute approximate surface area is 116 Å². The molecule has 18 heavy (non-hydrogen) atoms. The number of rotatable bonds is 3. The van der Waals surface area contributed by atoms with Gasteiger partial charge in [0.15, 0.2) is 0 Å². The highest BCUT2D eigenvalue weighted by Crippen LogP contribution is 2.18. The van der Waals surface area contributed by atoms with Crippen LogP contribution in [-0.2, 0) is 4.79 Å². The van der Waals surface area contributed by atoms with Crippen molar-refractivity contribution in [2.75, 3.05) is 19.6 Å². The Hall–Kier alpha value is -0.320. The normalized spacial score (nSPS) is 27.6. The predicted molar refractivity (Wildman–Crippen MR) is 76.1 cm³/mol. The SMILES string of the molecule is CC1CN(C(C)C(=O)NC2CCCC2)CCN1.Cl. The van der Waals surface area contributed by atoms with Gasteiger partial charge in [-0.3, -0.25) is 9.69 Å². The number of halogens is 1. The fourth-order valence-corrected chi connectivity index (χ4v) is 2.87. The average molecular weight is 276 g/mol. The molecule has 0 spiro atoms. The van der Waals surface area contributed by atoms with Crippen LogP contribution in [0.3, 0.4) is 0 Å². The fourth-order valence-electron chi connectivity index (χ4n) is 2.87. The molecule has 2 rings (SSSR count). The van der Waals surface area contributed by atoms with Crippen LogP contribution < -0.4 is 10.6 Å². The molecule has 4 nitrogen and oxygen atoms in total. The first kappa shape index (κ1) is 15.7. The molecule has 1 saturated carbocycles. The predicted octanol–water partition coefficient (Wildman–Crippen LogP) is 1.15. The van der Waals surface area contributed by atoms with Crippen LogP contribution in [0.1, 0.15) is 39.5 Å². The van der Waals surface area contributed by atoms with Gasteiger partial charge < -0.3 is 10.6 Å². The van der Waals surface area contributed by atoms with Crippen molar-refractivity contribution in [3.63, 3.8) is 0 Å². The second kappa shape index (κ2) is 7.31. The van der Waals surface area contributed by atoms with E-state index in [4.69, 9.17) is 0 Å². The largest absolute Gasteiger partial charge is 0.352 e. The molecule has 5 heteroatoms. The van der Waals surface area contributed by atoms with Gasteiger partial charge >= 0.3 is 0 Å². The number of nitrogens with zero attached hydrogens (tertiary/aromatic N) is 1. The Morgan fingerprint density at radius 2 is 2.06 bits per heavy atom. The number of piperazine rings is 1. The number of carbonyl (C=O) groups excluding carboxylic acids is 1. The van der Waals surface area contributed by atoms with Gasteiger partial charge in [-0.2, -0.15) is 0 Å². The summed E-state index contributed by atoms with van der Waals surface area (Å²) >= 11 is 0. The van der Waals surface area contributed by atoms with Crippen LogP contribution in [-0.4, -0.2) is 48.6 Å². The molecule has 2 N–H and O–H groups in total. The molecule has 0 aromatic heterocycles. The van der Waals surface area contributed by atoms with Crippen LogP contribution >= 0.6 is 12.4 Å². The van der Waals surface area contributed by atoms with Crippen LogP contribution in [0, 0.1) is 0 Å². The summed E-state index contributed by atoms with van der Waals surface area (Å²) in [4.78, 5) is 14.4. The summed E-state index contributed by atoms with van der Waals surface area (Å²) in [6.07, 6.45) is 4.86. The summed E-state index contributed by atoms with van der Waals surface area (Å²) in [7, 11) is 0. The molecule has 0 aromatic rings.